The summed E-state index contributed by atoms with van der Waals surface area (Å²) in [7, 11) is 0. The largest absolute Gasteiger partial charge is 0.392 e. The Bertz CT molecular complexity index is 257. The van der Waals surface area contributed by atoms with Crippen LogP contribution in [0.25, 0.3) is 0 Å². The van der Waals surface area contributed by atoms with Gasteiger partial charge in [0.1, 0.15) is 0 Å². The molecule has 0 radical (unpaired) electrons. The predicted molar refractivity (Wildman–Crippen MR) is 78.6 cm³/mol. The lowest BCUT2D eigenvalue weighted by molar-refractivity contribution is -0.123. The monoisotopic (exact) mass is 276 g/mol. The number of hydrogen-bond acceptors (Lipinski definition) is 4. The van der Waals surface area contributed by atoms with Crippen LogP contribution in [0.3, 0.4) is 0 Å². The van der Waals surface area contributed by atoms with Crippen molar-refractivity contribution in [2.75, 3.05) is 18.6 Å². The first-order valence-corrected chi connectivity index (χ1v) is 7.82. The lowest BCUT2D eigenvalue weighted by atomic mass is 9.80. The van der Waals surface area contributed by atoms with Crippen LogP contribution in [0.4, 0.5) is 0 Å². The summed E-state index contributed by atoms with van der Waals surface area (Å²) in [6, 6.07) is -0.454. The van der Waals surface area contributed by atoms with E-state index in [1.165, 1.54) is 0 Å². The average molecular weight is 276 g/mol. The van der Waals surface area contributed by atoms with Crippen molar-refractivity contribution in [3.05, 3.63) is 0 Å². The van der Waals surface area contributed by atoms with Crippen LogP contribution in [-0.2, 0) is 4.79 Å². The van der Waals surface area contributed by atoms with Crippen LogP contribution in [-0.4, -0.2) is 41.7 Å². The minimum Gasteiger partial charge on any atom is -0.392 e. The van der Waals surface area contributed by atoms with Crippen LogP contribution in [0.2, 0.25) is 0 Å². The second-order valence-electron chi connectivity index (χ2n) is 5.78. The second-order valence-corrected chi connectivity index (χ2v) is 6.77. The lowest BCUT2D eigenvalue weighted by Crippen LogP contribution is -2.48. The Morgan fingerprint density at radius 2 is 2.00 bits per heavy atom. The smallest absolute Gasteiger partial charge is 0.236 e. The standard InChI is InChI=1S/C13H28N2O2S/c1-9(2)11(16)13(3,4)8-15-12(17)10(14)6-7-18-5/h9-11,16H,6-8,14H2,1-5H3,(H,15,17). The van der Waals surface area contributed by atoms with E-state index in [4.69, 9.17) is 5.73 Å². The molecule has 0 aliphatic carbocycles. The lowest BCUT2D eigenvalue weighted by Gasteiger charge is -2.33. The molecule has 0 bridgehead atoms. The molecule has 5 heteroatoms. The second kappa shape index (κ2) is 8.02. The molecule has 0 rings (SSSR count). The first-order chi connectivity index (χ1) is 8.22. The van der Waals surface area contributed by atoms with E-state index in [-0.39, 0.29) is 17.2 Å². The number of aliphatic hydroxyl groups excluding tert-OH is 1. The van der Waals surface area contributed by atoms with Crippen LogP contribution >= 0.6 is 11.8 Å². The number of thioether (sulfide) groups is 1. The van der Waals surface area contributed by atoms with Crippen molar-refractivity contribution in [3.8, 4) is 0 Å². The summed E-state index contributed by atoms with van der Waals surface area (Å²) in [5.74, 6) is 0.919. The number of carbonyl (C=O) groups excluding carboxylic acids is 1. The Kier molecular flexibility index (Phi) is 7.90. The van der Waals surface area contributed by atoms with Crippen molar-refractivity contribution in [1.29, 1.82) is 0 Å². The SMILES string of the molecule is CSCCC(N)C(=O)NCC(C)(C)C(O)C(C)C. The maximum absolute atomic E-state index is 11.8. The fourth-order valence-corrected chi connectivity index (χ4v) is 2.32. The molecule has 2 unspecified atom stereocenters. The van der Waals surface area contributed by atoms with Crippen LogP contribution < -0.4 is 11.1 Å². The summed E-state index contributed by atoms with van der Waals surface area (Å²) < 4.78 is 0. The first kappa shape index (κ1) is 17.7. The Hall–Kier alpha value is -0.260. The van der Waals surface area contributed by atoms with Gasteiger partial charge in [-0.2, -0.15) is 11.8 Å². The van der Waals surface area contributed by atoms with Crippen molar-refractivity contribution in [3.63, 3.8) is 0 Å². The summed E-state index contributed by atoms with van der Waals surface area (Å²) in [6.45, 7) is 8.28. The third-order valence-corrected chi connectivity index (χ3v) is 3.76. The molecule has 0 aromatic rings. The zero-order valence-electron chi connectivity index (χ0n) is 12.2. The van der Waals surface area contributed by atoms with Gasteiger partial charge >= 0.3 is 0 Å². The highest BCUT2D eigenvalue weighted by Crippen LogP contribution is 2.25. The third kappa shape index (κ3) is 6.07. The molecule has 0 heterocycles. The number of rotatable bonds is 8. The van der Waals surface area contributed by atoms with Gasteiger partial charge in [-0.05, 0) is 24.3 Å². The summed E-state index contributed by atoms with van der Waals surface area (Å²) in [6.07, 6.45) is 2.23. The van der Waals surface area contributed by atoms with E-state index in [9.17, 15) is 9.90 Å². The number of nitrogens with one attached hydrogen (secondary N) is 1. The number of nitrogens with two attached hydrogens (primary N) is 1. The van der Waals surface area contributed by atoms with Gasteiger partial charge < -0.3 is 16.2 Å². The summed E-state index contributed by atoms with van der Waals surface area (Å²) in [5, 5.41) is 12.9. The highest BCUT2D eigenvalue weighted by atomic mass is 32.2. The molecule has 0 fully saturated rings. The molecular formula is C13H28N2O2S. The number of hydrogen-bond donors (Lipinski definition) is 3. The third-order valence-electron chi connectivity index (χ3n) is 3.12. The van der Waals surface area contributed by atoms with Crippen molar-refractivity contribution in [1.82, 2.24) is 5.32 Å². The predicted octanol–water partition coefficient (Wildman–Crippen LogP) is 1.23. The maximum Gasteiger partial charge on any atom is 0.236 e. The number of aliphatic hydroxyl groups is 1. The van der Waals surface area contributed by atoms with E-state index in [1.807, 2.05) is 34.0 Å². The zero-order valence-corrected chi connectivity index (χ0v) is 13.0. The highest BCUT2D eigenvalue weighted by molar-refractivity contribution is 7.98. The molecule has 18 heavy (non-hydrogen) atoms. The number of carbonyl (C=O) groups is 1. The average Bonchev–Trinajstić information content (AvgIpc) is 2.31. The van der Waals surface area contributed by atoms with Gasteiger partial charge in [0.15, 0.2) is 0 Å². The molecule has 0 aliphatic rings. The molecule has 0 saturated heterocycles. The van der Waals surface area contributed by atoms with Gasteiger partial charge in [0.05, 0.1) is 12.1 Å². The van der Waals surface area contributed by atoms with Crippen LogP contribution in [0.5, 0.6) is 0 Å². The number of amides is 1. The molecule has 0 aromatic heterocycles. The Morgan fingerprint density at radius 1 is 1.44 bits per heavy atom. The molecule has 0 aliphatic heterocycles. The maximum atomic E-state index is 11.8. The normalized spacial score (nSPS) is 15.6. The minimum absolute atomic E-state index is 0.131. The molecule has 108 valence electrons. The Morgan fingerprint density at radius 3 is 2.44 bits per heavy atom. The van der Waals surface area contributed by atoms with Crippen molar-refractivity contribution >= 4 is 17.7 Å². The van der Waals surface area contributed by atoms with Gasteiger partial charge in [0, 0.05) is 12.0 Å². The van der Waals surface area contributed by atoms with Crippen LogP contribution in [0, 0.1) is 11.3 Å². The van der Waals surface area contributed by atoms with Gasteiger partial charge in [0.2, 0.25) is 5.91 Å². The van der Waals surface area contributed by atoms with E-state index in [1.54, 1.807) is 11.8 Å². The molecule has 0 spiro atoms. The Labute approximate surface area is 115 Å². The van der Waals surface area contributed by atoms with Gasteiger partial charge in [-0.25, -0.2) is 0 Å². The van der Waals surface area contributed by atoms with Crippen LogP contribution in [0.15, 0.2) is 0 Å². The van der Waals surface area contributed by atoms with Crippen molar-refractivity contribution in [2.24, 2.45) is 17.1 Å². The Balaban J connectivity index is 4.18. The molecule has 0 aromatic carbocycles. The van der Waals surface area contributed by atoms with Crippen molar-refractivity contribution in [2.45, 2.75) is 46.3 Å². The van der Waals surface area contributed by atoms with E-state index in [0.29, 0.717) is 13.0 Å². The van der Waals surface area contributed by atoms with Crippen LogP contribution in [0.1, 0.15) is 34.1 Å². The van der Waals surface area contributed by atoms with E-state index in [0.717, 1.165) is 5.75 Å². The van der Waals surface area contributed by atoms with Gasteiger partial charge in [0.25, 0.3) is 0 Å². The first-order valence-electron chi connectivity index (χ1n) is 6.42. The van der Waals surface area contributed by atoms with E-state index in [2.05, 4.69) is 5.32 Å². The fourth-order valence-electron chi connectivity index (χ4n) is 1.83. The minimum atomic E-state index is -0.454. The molecule has 2 atom stereocenters. The fraction of sp³-hybridized carbons (Fsp3) is 0.923. The molecule has 1 amide bonds. The molecule has 4 N–H and O–H groups in total. The zero-order chi connectivity index (χ0) is 14.3. The highest BCUT2D eigenvalue weighted by Gasteiger charge is 2.30. The van der Waals surface area contributed by atoms with Gasteiger partial charge in [-0.15, -0.1) is 0 Å². The van der Waals surface area contributed by atoms with E-state index < -0.39 is 12.1 Å². The summed E-state index contributed by atoms with van der Waals surface area (Å²) in [5.41, 5.74) is 5.44. The quantitative estimate of drug-likeness (QED) is 0.623. The van der Waals surface area contributed by atoms with Gasteiger partial charge in [-0.3, -0.25) is 4.79 Å². The molecular weight excluding hydrogens is 248 g/mol. The topological polar surface area (TPSA) is 75.4 Å². The van der Waals surface area contributed by atoms with E-state index >= 15 is 0 Å². The summed E-state index contributed by atoms with van der Waals surface area (Å²) >= 11 is 1.68. The molecule has 4 nitrogen and oxygen atoms in total. The summed E-state index contributed by atoms with van der Waals surface area (Å²) in [4.78, 5) is 11.8. The van der Waals surface area contributed by atoms with Gasteiger partial charge in [-0.1, -0.05) is 27.7 Å². The molecule has 0 saturated carbocycles. The van der Waals surface area contributed by atoms with Crippen molar-refractivity contribution < 1.29 is 9.90 Å².